The molecule has 0 spiro atoms. The maximum atomic E-state index is 11.4. The SMILES string of the molecule is CCn1ncnc1COc1c(C)cc(S(N)(=O)=O)cc1C. The highest BCUT2D eigenvalue weighted by atomic mass is 32.2. The van der Waals surface area contributed by atoms with Crippen LogP contribution in [0.15, 0.2) is 23.4 Å². The van der Waals surface area contributed by atoms with Gasteiger partial charge in [0.15, 0.2) is 5.82 Å². The molecule has 21 heavy (non-hydrogen) atoms. The summed E-state index contributed by atoms with van der Waals surface area (Å²) in [5.41, 5.74) is 1.42. The average Bonchev–Trinajstić information content (AvgIpc) is 2.84. The van der Waals surface area contributed by atoms with Crippen LogP contribution >= 0.6 is 0 Å². The number of benzene rings is 1. The second-order valence-electron chi connectivity index (χ2n) is 4.71. The molecular formula is C13H18N4O3S. The molecule has 2 aromatic rings. The van der Waals surface area contributed by atoms with Crippen molar-refractivity contribution in [1.29, 1.82) is 0 Å². The predicted octanol–water partition coefficient (Wildman–Crippen LogP) is 1.14. The molecule has 0 unspecified atom stereocenters. The monoisotopic (exact) mass is 310 g/mol. The molecule has 1 heterocycles. The Bertz CT molecular complexity index is 730. The van der Waals surface area contributed by atoms with Crippen molar-refractivity contribution in [3.05, 3.63) is 35.4 Å². The summed E-state index contributed by atoms with van der Waals surface area (Å²) < 4.78 is 30.3. The molecule has 0 aliphatic rings. The smallest absolute Gasteiger partial charge is 0.238 e. The van der Waals surface area contributed by atoms with Gasteiger partial charge in [-0.2, -0.15) is 5.10 Å². The van der Waals surface area contributed by atoms with Gasteiger partial charge in [0.2, 0.25) is 10.0 Å². The Hall–Kier alpha value is -1.93. The fraction of sp³-hybridized carbons (Fsp3) is 0.385. The van der Waals surface area contributed by atoms with Crippen LogP contribution in [0.5, 0.6) is 5.75 Å². The molecule has 0 aliphatic heterocycles. The number of ether oxygens (including phenoxy) is 1. The lowest BCUT2D eigenvalue weighted by Crippen LogP contribution is -2.13. The molecule has 1 aromatic heterocycles. The standard InChI is InChI=1S/C13H18N4O3S/c1-4-17-12(15-8-16-17)7-20-13-9(2)5-11(6-10(13)3)21(14,18)19/h5-6,8H,4,7H2,1-3H3,(H2,14,18,19). The summed E-state index contributed by atoms with van der Waals surface area (Å²) in [5, 5.41) is 9.21. The second-order valence-corrected chi connectivity index (χ2v) is 6.27. The number of nitrogens with zero attached hydrogens (tertiary/aromatic N) is 3. The van der Waals surface area contributed by atoms with Crippen LogP contribution in [-0.2, 0) is 23.2 Å². The first kappa shape index (κ1) is 15.5. The Balaban J connectivity index is 2.25. The fourth-order valence-electron chi connectivity index (χ4n) is 2.10. The predicted molar refractivity (Wildman–Crippen MR) is 77.3 cm³/mol. The third-order valence-electron chi connectivity index (χ3n) is 3.10. The number of hydrogen-bond donors (Lipinski definition) is 1. The van der Waals surface area contributed by atoms with Gasteiger partial charge in [-0.3, -0.25) is 0 Å². The molecule has 0 bridgehead atoms. The molecule has 2 rings (SSSR count). The maximum absolute atomic E-state index is 11.4. The molecule has 0 atom stereocenters. The van der Waals surface area contributed by atoms with Crippen LogP contribution in [0.25, 0.3) is 0 Å². The zero-order valence-electron chi connectivity index (χ0n) is 12.2. The van der Waals surface area contributed by atoms with Crippen LogP contribution in [0, 0.1) is 13.8 Å². The summed E-state index contributed by atoms with van der Waals surface area (Å²) in [4.78, 5) is 4.21. The van der Waals surface area contributed by atoms with Crippen LogP contribution in [0.3, 0.4) is 0 Å². The van der Waals surface area contributed by atoms with Crippen LogP contribution in [0.2, 0.25) is 0 Å². The number of sulfonamides is 1. The van der Waals surface area contributed by atoms with Gasteiger partial charge < -0.3 is 4.74 Å². The summed E-state index contributed by atoms with van der Waals surface area (Å²) >= 11 is 0. The lowest BCUT2D eigenvalue weighted by Gasteiger charge is -2.13. The van der Waals surface area contributed by atoms with E-state index in [1.165, 1.54) is 18.5 Å². The molecule has 1 aromatic carbocycles. The molecule has 2 N–H and O–H groups in total. The maximum Gasteiger partial charge on any atom is 0.238 e. The van der Waals surface area contributed by atoms with Gasteiger partial charge in [-0.25, -0.2) is 23.2 Å². The molecule has 0 aliphatic carbocycles. The van der Waals surface area contributed by atoms with E-state index in [-0.39, 0.29) is 11.5 Å². The zero-order valence-corrected chi connectivity index (χ0v) is 13.0. The third-order valence-corrected chi connectivity index (χ3v) is 4.00. The molecule has 0 saturated heterocycles. The first-order valence-corrected chi connectivity index (χ1v) is 8.01. The van der Waals surface area contributed by atoms with E-state index in [9.17, 15) is 8.42 Å². The van der Waals surface area contributed by atoms with Crippen molar-refractivity contribution in [3.8, 4) is 5.75 Å². The van der Waals surface area contributed by atoms with Crippen LogP contribution in [-0.4, -0.2) is 23.2 Å². The van der Waals surface area contributed by atoms with E-state index in [1.807, 2.05) is 6.92 Å². The highest BCUT2D eigenvalue weighted by Gasteiger charge is 2.14. The number of aromatic nitrogens is 3. The normalized spacial score (nSPS) is 11.6. The van der Waals surface area contributed by atoms with Gasteiger partial charge in [-0.15, -0.1) is 0 Å². The third kappa shape index (κ3) is 3.40. The first-order valence-electron chi connectivity index (χ1n) is 6.46. The van der Waals surface area contributed by atoms with Crippen molar-refractivity contribution in [2.45, 2.75) is 38.8 Å². The van der Waals surface area contributed by atoms with Gasteiger partial charge in [-0.05, 0) is 44.0 Å². The summed E-state index contributed by atoms with van der Waals surface area (Å²) in [6.45, 7) is 6.50. The number of aryl methyl sites for hydroxylation is 3. The van der Waals surface area contributed by atoms with E-state index in [1.54, 1.807) is 18.5 Å². The first-order chi connectivity index (χ1) is 9.82. The number of hydrogen-bond acceptors (Lipinski definition) is 5. The van der Waals surface area contributed by atoms with Crippen LogP contribution < -0.4 is 9.88 Å². The van der Waals surface area contributed by atoms with E-state index in [0.29, 0.717) is 29.2 Å². The fourth-order valence-corrected chi connectivity index (χ4v) is 2.79. The number of rotatable bonds is 5. The molecule has 7 nitrogen and oxygen atoms in total. The molecule has 0 radical (unpaired) electrons. The molecule has 8 heteroatoms. The van der Waals surface area contributed by atoms with E-state index >= 15 is 0 Å². The lowest BCUT2D eigenvalue weighted by atomic mass is 10.1. The van der Waals surface area contributed by atoms with E-state index in [2.05, 4.69) is 10.1 Å². The van der Waals surface area contributed by atoms with Crippen LogP contribution in [0.1, 0.15) is 23.9 Å². The average molecular weight is 310 g/mol. The molecule has 0 fully saturated rings. The molecular weight excluding hydrogens is 292 g/mol. The zero-order chi connectivity index (χ0) is 15.6. The van der Waals surface area contributed by atoms with Crippen molar-refractivity contribution < 1.29 is 13.2 Å². The summed E-state index contributed by atoms with van der Waals surface area (Å²) in [5.74, 6) is 1.35. The Kier molecular flexibility index (Phi) is 4.29. The Morgan fingerprint density at radius 1 is 1.29 bits per heavy atom. The topological polar surface area (TPSA) is 100 Å². The van der Waals surface area contributed by atoms with E-state index in [0.717, 1.165) is 0 Å². The van der Waals surface area contributed by atoms with Gasteiger partial charge in [-0.1, -0.05) is 0 Å². The Morgan fingerprint density at radius 2 is 1.90 bits per heavy atom. The minimum atomic E-state index is -3.72. The molecule has 114 valence electrons. The highest BCUT2D eigenvalue weighted by molar-refractivity contribution is 7.89. The van der Waals surface area contributed by atoms with Gasteiger partial charge in [0.25, 0.3) is 0 Å². The minimum absolute atomic E-state index is 0.0848. The van der Waals surface area contributed by atoms with Gasteiger partial charge in [0, 0.05) is 6.54 Å². The summed E-state index contributed by atoms with van der Waals surface area (Å²) in [6.07, 6.45) is 1.48. The summed E-state index contributed by atoms with van der Waals surface area (Å²) in [7, 11) is -3.72. The number of primary sulfonamides is 1. The Morgan fingerprint density at radius 3 is 2.43 bits per heavy atom. The molecule has 0 saturated carbocycles. The Labute approximate surface area is 123 Å². The van der Waals surface area contributed by atoms with Gasteiger partial charge in [0.1, 0.15) is 18.7 Å². The van der Waals surface area contributed by atoms with Gasteiger partial charge in [0.05, 0.1) is 4.90 Å². The highest BCUT2D eigenvalue weighted by Crippen LogP contribution is 2.27. The van der Waals surface area contributed by atoms with E-state index in [4.69, 9.17) is 9.88 Å². The largest absolute Gasteiger partial charge is 0.485 e. The lowest BCUT2D eigenvalue weighted by molar-refractivity contribution is 0.283. The number of nitrogens with two attached hydrogens (primary N) is 1. The quantitative estimate of drug-likeness (QED) is 0.892. The van der Waals surface area contributed by atoms with Crippen molar-refractivity contribution in [3.63, 3.8) is 0 Å². The minimum Gasteiger partial charge on any atom is -0.485 e. The van der Waals surface area contributed by atoms with Crippen molar-refractivity contribution in [2.75, 3.05) is 0 Å². The van der Waals surface area contributed by atoms with Crippen molar-refractivity contribution in [2.24, 2.45) is 5.14 Å². The van der Waals surface area contributed by atoms with Crippen molar-refractivity contribution >= 4 is 10.0 Å². The second kappa shape index (κ2) is 5.82. The van der Waals surface area contributed by atoms with Crippen LogP contribution in [0.4, 0.5) is 0 Å². The summed E-state index contributed by atoms with van der Waals surface area (Å²) in [6, 6.07) is 3.00. The molecule has 0 amide bonds. The van der Waals surface area contributed by atoms with E-state index < -0.39 is 10.0 Å². The van der Waals surface area contributed by atoms with Crippen molar-refractivity contribution in [1.82, 2.24) is 14.8 Å². The van der Waals surface area contributed by atoms with Gasteiger partial charge >= 0.3 is 0 Å².